The first-order valence-electron chi connectivity index (χ1n) is 24.8. The number of halogens is 3. The summed E-state index contributed by atoms with van der Waals surface area (Å²) in [5.41, 5.74) is 11.3. The van der Waals surface area contributed by atoms with Gasteiger partial charge in [-0.25, -0.2) is 19.6 Å². The first-order valence-corrected chi connectivity index (χ1v) is 25.7. The van der Waals surface area contributed by atoms with Gasteiger partial charge in [0.25, 0.3) is 11.8 Å². The highest BCUT2D eigenvalue weighted by molar-refractivity contribution is 7.13. The van der Waals surface area contributed by atoms with Gasteiger partial charge in [0.15, 0.2) is 11.4 Å². The number of aryl methyl sites for hydroxylation is 1. The van der Waals surface area contributed by atoms with Gasteiger partial charge < -0.3 is 61.0 Å². The summed E-state index contributed by atoms with van der Waals surface area (Å²) in [5, 5.41) is 29.1. The molecule has 0 aliphatic carbocycles. The number of anilines is 2. The van der Waals surface area contributed by atoms with Crippen LogP contribution in [0.25, 0.3) is 27.6 Å². The largest absolute Gasteiger partial charge is 0.444 e. The van der Waals surface area contributed by atoms with E-state index in [9.17, 15) is 37.5 Å². The van der Waals surface area contributed by atoms with Gasteiger partial charge >= 0.3 is 6.18 Å². The van der Waals surface area contributed by atoms with Crippen molar-refractivity contribution < 1.29 is 56.1 Å². The van der Waals surface area contributed by atoms with E-state index in [0.717, 1.165) is 33.5 Å². The maximum atomic E-state index is 14.0. The summed E-state index contributed by atoms with van der Waals surface area (Å²) in [6, 6.07) is 16.6. The van der Waals surface area contributed by atoms with Crippen molar-refractivity contribution in [3.8, 4) is 27.6 Å². The number of alkyl halides is 3. The molecule has 25 heteroatoms. The average Bonchev–Trinajstić information content (AvgIpc) is 4.24. The van der Waals surface area contributed by atoms with E-state index < -0.39 is 48.1 Å². The van der Waals surface area contributed by atoms with Gasteiger partial charge in [-0.3, -0.25) is 19.2 Å². The molecule has 1 saturated heterocycles. The normalized spacial score (nSPS) is 15.1. The molecule has 0 spiro atoms. The Morgan fingerprint density at radius 1 is 0.896 bits per heavy atom. The Balaban J connectivity index is 0.746. The number of hydrogen-bond donors (Lipinski definition) is 7. The molecule has 0 unspecified atom stereocenters. The summed E-state index contributed by atoms with van der Waals surface area (Å²) >= 11 is 1.58. The lowest BCUT2D eigenvalue weighted by molar-refractivity contribution is -0.142. The van der Waals surface area contributed by atoms with Crippen LogP contribution < -0.4 is 32.3 Å². The van der Waals surface area contributed by atoms with Crippen LogP contribution in [-0.2, 0) is 36.9 Å². The summed E-state index contributed by atoms with van der Waals surface area (Å²) in [7, 11) is 0. The van der Waals surface area contributed by atoms with Crippen molar-refractivity contribution >= 4 is 46.5 Å². The smallest absolute Gasteiger partial charge is 0.405 e. The van der Waals surface area contributed by atoms with Crippen molar-refractivity contribution in [3.05, 3.63) is 113 Å². The summed E-state index contributed by atoms with van der Waals surface area (Å²) in [6.07, 6.45) is -1.35. The molecular weight excluding hydrogens is 1030 g/mol. The third kappa shape index (κ3) is 16.7. The first-order chi connectivity index (χ1) is 36.8. The molecule has 4 amide bonds. The van der Waals surface area contributed by atoms with Crippen molar-refractivity contribution in [2.75, 3.05) is 76.5 Å². The maximum absolute atomic E-state index is 14.0. The fraction of sp³-hybridized carbons (Fsp3) is 0.423. The van der Waals surface area contributed by atoms with E-state index in [-0.39, 0.29) is 59.1 Å². The van der Waals surface area contributed by atoms with Crippen LogP contribution in [0, 0.1) is 12.3 Å². The minimum atomic E-state index is -4.45. The van der Waals surface area contributed by atoms with Crippen LogP contribution in [0.4, 0.5) is 24.7 Å². The second kappa shape index (κ2) is 26.8. The molecule has 1 aliphatic heterocycles. The van der Waals surface area contributed by atoms with E-state index in [0.29, 0.717) is 71.5 Å². The predicted octanol–water partition coefficient (Wildman–Crippen LogP) is 5.10. The van der Waals surface area contributed by atoms with E-state index in [1.165, 1.54) is 34.1 Å². The molecule has 21 nitrogen and oxygen atoms in total. The third-order valence-corrected chi connectivity index (χ3v) is 13.1. The molecule has 4 aromatic heterocycles. The quantitative estimate of drug-likeness (QED) is 0.0331. The summed E-state index contributed by atoms with van der Waals surface area (Å²) in [6.45, 7) is 10.6. The number of carbonyl (C=O) groups is 4. The van der Waals surface area contributed by atoms with Crippen molar-refractivity contribution in [3.63, 3.8) is 0 Å². The number of pyridine rings is 1. The Bertz CT molecular complexity index is 2910. The molecule has 0 saturated carbocycles. The van der Waals surface area contributed by atoms with Crippen molar-refractivity contribution in [1.82, 2.24) is 45.6 Å². The zero-order valence-corrected chi connectivity index (χ0v) is 43.8. The number of β-amino-alcohol motifs (C(OH)–C–C–N with tert-alkyl or cyclic N) is 1. The average molecular weight is 1090 g/mol. The van der Waals surface area contributed by atoms with Crippen molar-refractivity contribution in [1.29, 1.82) is 0 Å². The predicted molar refractivity (Wildman–Crippen MR) is 280 cm³/mol. The molecule has 5 heterocycles. The number of primary amides is 1. The van der Waals surface area contributed by atoms with Gasteiger partial charge in [-0.15, -0.1) is 11.3 Å². The van der Waals surface area contributed by atoms with Gasteiger partial charge in [0.1, 0.15) is 24.7 Å². The van der Waals surface area contributed by atoms with Gasteiger partial charge in [0.2, 0.25) is 17.7 Å². The summed E-state index contributed by atoms with van der Waals surface area (Å²) in [5.74, 6) is -2.32. The van der Waals surface area contributed by atoms with Crippen LogP contribution in [0.1, 0.15) is 65.0 Å². The van der Waals surface area contributed by atoms with Crippen LogP contribution in [0.2, 0.25) is 0 Å². The third-order valence-electron chi connectivity index (χ3n) is 12.1. The van der Waals surface area contributed by atoms with Gasteiger partial charge in [0.05, 0.1) is 85.4 Å². The lowest BCUT2D eigenvalue weighted by Crippen LogP contribution is -2.57. The Labute approximate surface area is 446 Å². The summed E-state index contributed by atoms with van der Waals surface area (Å²) < 4.78 is 61.8. The van der Waals surface area contributed by atoms with Crippen LogP contribution >= 0.6 is 11.3 Å². The molecule has 77 heavy (non-hydrogen) atoms. The minimum absolute atomic E-state index is 0.0151. The second-order valence-corrected chi connectivity index (χ2v) is 20.0. The number of likely N-dealkylation sites (tertiary alicyclic amines) is 1. The second-order valence-electron chi connectivity index (χ2n) is 19.1. The van der Waals surface area contributed by atoms with Gasteiger partial charge in [-0.05, 0) is 53.3 Å². The molecule has 8 N–H and O–H groups in total. The standard InChI is InChI=1S/C52H63F3N12O9S/c1-32-44(77-31-62-32)35-9-5-34(6-10-35)26-60-48(71)41-24-38(68)27-66(41)50(72)45(51(2,3)4)59-16-18-74-20-22-75-21-19-73-17-15-57-25-33-7-11-37(12-8-33)67-28-39(43(65-67)46(56)69)63-47(70)40-29-76-49(64-40)36-13-14-58-42(23-36)61-30-52(53,54)55/h5-14,23,28-29,31,38,41,45,57,59,68H,15-22,24-27,30H2,1-4H3,(H2,56,69)(H,58,61)(H,60,71)(H,63,70)/t38-,41+,45-/m1/s1. The van der Waals surface area contributed by atoms with Crippen molar-refractivity contribution in [2.24, 2.45) is 11.1 Å². The number of nitrogens with one attached hydrogen (secondary N) is 5. The molecule has 1 aliphatic rings. The number of thiazole rings is 1. The molecule has 412 valence electrons. The Morgan fingerprint density at radius 2 is 1.57 bits per heavy atom. The van der Waals surface area contributed by atoms with Crippen LogP contribution in [0.3, 0.4) is 0 Å². The molecule has 3 atom stereocenters. The molecule has 6 aromatic rings. The number of ether oxygens (including phenoxy) is 3. The number of carbonyl (C=O) groups excluding carboxylic acids is 4. The molecular formula is C52H63F3N12O9S. The topological polar surface area (TPSA) is 275 Å². The van der Waals surface area contributed by atoms with E-state index in [1.807, 2.05) is 69.6 Å². The highest BCUT2D eigenvalue weighted by Gasteiger charge is 2.43. The van der Waals surface area contributed by atoms with E-state index in [1.54, 1.807) is 23.5 Å². The molecule has 0 bridgehead atoms. The van der Waals surface area contributed by atoms with Crippen LogP contribution in [0.5, 0.6) is 0 Å². The molecule has 1 fully saturated rings. The van der Waals surface area contributed by atoms with E-state index in [2.05, 4.69) is 46.6 Å². The number of oxazole rings is 1. The van der Waals surface area contributed by atoms with Crippen LogP contribution in [-0.4, -0.2) is 149 Å². The maximum Gasteiger partial charge on any atom is 0.405 e. The monoisotopic (exact) mass is 1090 g/mol. The Kier molecular flexibility index (Phi) is 20.0. The number of hydrogen-bond acceptors (Lipinski definition) is 17. The fourth-order valence-electron chi connectivity index (χ4n) is 8.18. The van der Waals surface area contributed by atoms with E-state index in [4.69, 9.17) is 24.4 Å². The first kappa shape index (κ1) is 57.6. The lowest BCUT2D eigenvalue weighted by atomic mass is 9.85. The fourth-order valence-corrected chi connectivity index (χ4v) is 9.00. The zero-order valence-electron chi connectivity index (χ0n) is 43.0. The number of nitrogens with zero attached hydrogens (tertiary/aromatic N) is 6. The zero-order chi connectivity index (χ0) is 55.1. The number of benzene rings is 2. The highest BCUT2D eigenvalue weighted by atomic mass is 32.1. The highest BCUT2D eigenvalue weighted by Crippen LogP contribution is 2.29. The van der Waals surface area contributed by atoms with Crippen molar-refractivity contribution in [2.45, 2.75) is 71.6 Å². The van der Waals surface area contributed by atoms with E-state index >= 15 is 0 Å². The number of aliphatic hydroxyl groups excluding tert-OH is 1. The molecule has 0 radical (unpaired) electrons. The number of aliphatic hydroxyl groups is 1. The summed E-state index contributed by atoms with van der Waals surface area (Å²) in [4.78, 5) is 67.6. The van der Waals surface area contributed by atoms with Gasteiger partial charge in [-0.1, -0.05) is 57.2 Å². The number of rotatable bonds is 27. The number of amides is 4. The Morgan fingerprint density at radius 3 is 2.23 bits per heavy atom. The number of aromatic nitrogens is 5. The molecule has 7 rings (SSSR count). The van der Waals surface area contributed by atoms with Crippen LogP contribution in [0.15, 0.2) is 89.2 Å². The lowest BCUT2D eigenvalue weighted by Gasteiger charge is -2.35. The minimum Gasteiger partial charge on any atom is -0.444 e. The Hall–Kier alpha value is -7.13. The van der Waals surface area contributed by atoms with Gasteiger partial charge in [0, 0.05) is 50.9 Å². The molecule has 2 aromatic carbocycles. The SMILES string of the molecule is Cc1ncsc1-c1ccc(CNC(=O)[C@@H]2C[C@@H](O)CN2C(=O)[C@@H](NCCOCCOCCOCCNCc2ccc(-n3cc(NC(=O)c4coc(-c5ccnc(NCC(F)(F)F)c5)n4)c(C(N)=O)n3)cc2)C(C)(C)C)cc1. The number of nitrogens with two attached hydrogens (primary N) is 1. The van der Waals surface area contributed by atoms with Gasteiger partial charge in [-0.2, -0.15) is 18.3 Å².